The molecule has 2 aromatic carbocycles. The van der Waals surface area contributed by atoms with Crippen LogP contribution in [0.5, 0.6) is 17.2 Å². The third-order valence-electron chi connectivity index (χ3n) is 4.89. The normalized spacial score (nSPS) is 17.2. The molecule has 0 fully saturated rings. The van der Waals surface area contributed by atoms with Crippen molar-refractivity contribution < 1.29 is 23.4 Å². The number of methoxy groups -OCH3 is 1. The maximum atomic E-state index is 13.3. The number of fused-ring (bicyclic) bond motifs is 2. The van der Waals surface area contributed by atoms with Gasteiger partial charge < -0.3 is 19.5 Å². The summed E-state index contributed by atoms with van der Waals surface area (Å²) in [6, 6.07) is 9.83. The lowest BCUT2D eigenvalue weighted by Crippen LogP contribution is -2.22. The first-order chi connectivity index (χ1) is 13.6. The maximum absolute atomic E-state index is 13.3. The molecule has 0 saturated carbocycles. The summed E-state index contributed by atoms with van der Waals surface area (Å²) in [5, 5.41) is 2.93. The fraction of sp³-hybridized carbons (Fsp3) is 0.200. The Labute approximate surface area is 164 Å². The average Bonchev–Trinajstić information content (AvgIpc) is 3.34. The standard InChI is InChI=1S/C20H15FN2O4S/c1-25-14-6-11(7-15-19(14)27-9-26-15)13-8-16(24)22-18-17(23-28-20(13)18)10-2-4-12(21)5-3-10/h2-7,13H,8-9H2,1H3,(H,22,24)/t13-/m0/s1. The zero-order valence-corrected chi connectivity index (χ0v) is 15.6. The second-order valence-corrected chi connectivity index (χ2v) is 7.34. The van der Waals surface area contributed by atoms with E-state index in [-0.39, 0.29) is 24.4 Å². The smallest absolute Gasteiger partial charge is 0.231 e. The zero-order chi connectivity index (χ0) is 19.3. The maximum Gasteiger partial charge on any atom is 0.231 e. The third-order valence-corrected chi connectivity index (χ3v) is 5.85. The van der Waals surface area contributed by atoms with Gasteiger partial charge in [0.15, 0.2) is 11.5 Å². The monoisotopic (exact) mass is 398 g/mol. The molecule has 0 saturated heterocycles. The number of rotatable bonds is 3. The molecule has 0 spiro atoms. The third kappa shape index (κ3) is 2.68. The van der Waals surface area contributed by atoms with Crippen molar-refractivity contribution in [2.75, 3.05) is 19.2 Å². The Kier molecular flexibility index (Phi) is 3.94. The van der Waals surface area contributed by atoms with Gasteiger partial charge >= 0.3 is 0 Å². The van der Waals surface area contributed by atoms with Crippen molar-refractivity contribution in [2.24, 2.45) is 0 Å². The number of hydrogen-bond acceptors (Lipinski definition) is 6. The van der Waals surface area contributed by atoms with Gasteiger partial charge in [-0.05, 0) is 53.5 Å². The molecule has 3 aromatic rings. The van der Waals surface area contributed by atoms with Gasteiger partial charge in [-0.2, -0.15) is 4.37 Å². The summed E-state index contributed by atoms with van der Waals surface area (Å²) in [7, 11) is 1.57. The summed E-state index contributed by atoms with van der Waals surface area (Å²) in [4.78, 5) is 13.4. The number of carbonyl (C=O) groups is 1. The van der Waals surface area contributed by atoms with Gasteiger partial charge in [0.2, 0.25) is 18.4 Å². The van der Waals surface area contributed by atoms with Gasteiger partial charge in [-0.1, -0.05) is 0 Å². The minimum Gasteiger partial charge on any atom is -0.493 e. The molecule has 1 atom stereocenters. The molecule has 142 valence electrons. The van der Waals surface area contributed by atoms with Gasteiger partial charge in [0.05, 0.1) is 17.7 Å². The lowest BCUT2D eigenvalue weighted by molar-refractivity contribution is -0.116. The fourth-order valence-corrected chi connectivity index (χ4v) is 4.53. The van der Waals surface area contributed by atoms with Crippen LogP contribution in [0.3, 0.4) is 0 Å². The molecule has 6 nitrogen and oxygen atoms in total. The molecule has 28 heavy (non-hydrogen) atoms. The van der Waals surface area contributed by atoms with Crippen molar-refractivity contribution in [3.8, 4) is 28.5 Å². The molecular formula is C20H15FN2O4S. The number of halogens is 1. The van der Waals surface area contributed by atoms with Crippen molar-refractivity contribution in [3.05, 3.63) is 52.7 Å². The van der Waals surface area contributed by atoms with E-state index in [0.29, 0.717) is 35.1 Å². The molecule has 2 aliphatic heterocycles. The minimum atomic E-state index is -0.317. The quantitative estimate of drug-likeness (QED) is 0.717. The molecule has 1 aromatic heterocycles. The van der Waals surface area contributed by atoms with E-state index in [1.54, 1.807) is 19.2 Å². The largest absolute Gasteiger partial charge is 0.493 e. The van der Waals surface area contributed by atoms with Crippen molar-refractivity contribution in [2.45, 2.75) is 12.3 Å². The lowest BCUT2D eigenvalue weighted by Gasteiger charge is -2.23. The Morgan fingerprint density at radius 3 is 2.86 bits per heavy atom. The van der Waals surface area contributed by atoms with Gasteiger partial charge in [-0.25, -0.2) is 4.39 Å². The van der Waals surface area contributed by atoms with E-state index in [4.69, 9.17) is 14.2 Å². The molecule has 5 rings (SSSR count). The van der Waals surface area contributed by atoms with Crippen LogP contribution in [-0.2, 0) is 4.79 Å². The van der Waals surface area contributed by atoms with Crippen LogP contribution in [0.4, 0.5) is 10.1 Å². The summed E-state index contributed by atoms with van der Waals surface area (Å²) in [5.74, 6) is 1.15. The Morgan fingerprint density at radius 1 is 1.25 bits per heavy atom. The van der Waals surface area contributed by atoms with Crippen LogP contribution in [0.2, 0.25) is 0 Å². The second kappa shape index (κ2) is 6.49. The number of aromatic nitrogens is 1. The summed E-state index contributed by atoms with van der Waals surface area (Å²) in [6.45, 7) is 0.140. The van der Waals surface area contributed by atoms with E-state index in [1.807, 2.05) is 12.1 Å². The van der Waals surface area contributed by atoms with Crippen molar-refractivity contribution in [3.63, 3.8) is 0 Å². The molecule has 0 radical (unpaired) electrons. The highest BCUT2D eigenvalue weighted by atomic mass is 32.1. The van der Waals surface area contributed by atoms with Crippen molar-refractivity contribution >= 4 is 23.1 Å². The van der Waals surface area contributed by atoms with Crippen LogP contribution in [0.25, 0.3) is 11.3 Å². The molecule has 2 aliphatic rings. The van der Waals surface area contributed by atoms with Crippen LogP contribution in [0.1, 0.15) is 22.8 Å². The summed E-state index contributed by atoms with van der Waals surface area (Å²) in [6.07, 6.45) is 0.293. The highest BCUT2D eigenvalue weighted by Crippen LogP contribution is 2.49. The number of amides is 1. The Balaban J connectivity index is 1.61. The number of benzene rings is 2. The number of carbonyl (C=O) groups excluding carboxylic acids is 1. The summed E-state index contributed by atoms with van der Waals surface area (Å²) in [5.41, 5.74) is 2.97. The summed E-state index contributed by atoms with van der Waals surface area (Å²) >= 11 is 1.33. The SMILES string of the molecule is COc1cc([C@@H]2CC(=O)Nc3c(-c4ccc(F)cc4)nsc32)cc2c1OCO2. The van der Waals surface area contributed by atoms with Gasteiger partial charge in [0, 0.05) is 17.9 Å². The molecule has 8 heteroatoms. The topological polar surface area (TPSA) is 69.7 Å². The number of hydrogen-bond donors (Lipinski definition) is 1. The van der Waals surface area contributed by atoms with Gasteiger partial charge in [-0.3, -0.25) is 4.79 Å². The molecule has 1 amide bonds. The Bertz CT molecular complexity index is 1080. The van der Waals surface area contributed by atoms with Crippen LogP contribution < -0.4 is 19.5 Å². The lowest BCUT2D eigenvalue weighted by atomic mass is 9.89. The van der Waals surface area contributed by atoms with Crippen LogP contribution in [-0.4, -0.2) is 24.2 Å². The van der Waals surface area contributed by atoms with E-state index >= 15 is 0 Å². The number of nitrogens with zero attached hydrogens (tertiary/aromatic N) is 1. The van der Waals surface area contributed by atoms with E-state index in [2.05, 4.69) is 9.69 Å². The van der Waals surface area contributed by atoms with E-state index in [9.17, 15) is 9.18 Å². The molecule has 0 bridgehead atoms. The van der Waals surface area contributed by atoms with Crippen molar-refractivity contribution in [1.29, 1.82) is 0 Å². The number of anilines is 1. The highest BCUT2D eigenvalue weighted by Gasteiger charge is 2.33. The van der Waals surface area contributed by atoms with Crippen LogP contribution in [0.15, 0.2) is 36.4 Å². The fourth-order valence-electron chi connectivity index (χ4n) is 3.56. The predicted octanol–water partition coefficient (Wildman–Crippen LogP) is 4.16. The van der Waals surface area contributed by atoms with Gasteiger partial charge in [0.1, 0.15) is 11.5 Å². The van der Waals surface area contributed by atoms with Gasteiger partial charge in [0.25, 0.3) is 0 Å². The van der Waals surface area contributed by atoms with E-state index < -0.39 is 0 Å². The molecule has 0 aliphatic carbocycles. The molecule has 0 unspecified atom stereocenters. The number of ether oxygens (including phenoxy) is 3. The summed E-state index contributed by atoms with van der Waals surface area (Å²) < 4.78 is 34.2. The van der Waals surface area contributed by atoms with E-state index in [1.165, 1.54) is 23.7 Å². The first kappa shape index (κ1) is 17.0. The molecule has 3 heterocycles. The Hall–Kier alpha value is -3.13. The zero-order valence-electron chi connectivity index (χ0n) is 14.8. The number of nitrogens with one attached hydrogen (secondary N) is 1. The van der Waals surface area contributed by atoms with Crippen molar-refractivity contribution in [1.82, 2.24) is 4.37 Å². The first-order valence-electron chi connectivity index (χ1n) is 8.67. The molecular weight excluding hydrogens is 383 g/mol. The van der Waals surface area contributed by atoms with Crippen LogP contribution >= 0.6 is 11.5 Å². The first-order valence-corrected chi connectivity index (χ1v) is 9.44. The minimum absolute atomic E-state index is 0.0994. The van der Waals surface area contributed by atoms with E-state index in [0.717, 1.165) is 16.0 Å². The average molecular weight is 398 g/mol. The Morgan fingerprint density at radius 2 is 2.07 bits per heavy atom. The van der Waals surface area contributed by atoms with Crippen LogP contribution in [0, 0.1) is 5.82 Å². The molecule has 1 N–H and O–H groups in total. The highest BCUT2D eigenvalue weighted by molar-refractivity contribution is 7.07. The second-order valence-electron chi connectivity index (χ2n) is 6.54. The predicted molar refractivity (Wildman–Crippen MR) is 102 cm³/mol. The van der Waals surface area contributed by atoms with Gasteiger partial charge in [-0.15, -0.1) is 0 Å².